The van der Waals surface area contributed by atoms with E-state index in [1.807, 2.05) is 0 Å². The molecule has 0 rings (SSSR count). The molecule has 0 aromatic carbocycles. The van der Waals surface area contributed by atoms with Gasteiger partial charge in [-0.2, -0.15) is 0 Å². The van der Waals surface area contributed by atoms with Gasteiger partial charge >= 0.3 is 0 Å². The third-order valence-electron chi connectivity index (χ3n) is 1.56. The van der Waals surface area contributed by atoms with Crippen molar-refractivity contribution in [3.8, 4) is 0 Å². The molecule has 0 saturated carbocycles. The van der Waals surface area contributed by atoms with Gasteiger partial charge in [0, 0.05) is 6.42 Å². The Balaban J connectivity index is 3.47. The second-order valence-corrected chi connectivity index (χ2v) is 2.61. The number of hydrogen-bond acceptors (Lipinski definition) is 3. The molecule has 0 aliphatic rings. The van der Waals surface area contributed by atoms with Gasteiger partial charge in [-0.1, -0.05) is 13.3 Å². The number of nitrogens with two attached hydrogens (primary N) is 2. The van der Waals surface area contributed by atoms with Crippen molar-refractivity contribution in [2.24, 2.45) is 11.5 Å². The highest BCUT2D eigenvalue weighted by Crippen LogP contribution is 1.99. The summed E-state index contributed by atoms with van der Waals surface area (Å²) in [5.74, 6) is 0.110. The van der Waals surface area contributed by atoms with Crippen molar-refractivity contribution in [1.29, 1.82) is 0 Å². The first-order valence-corrected chi connectivity index (χ1v) is 4.00. The molecule has 3 heteroatoms. The van der Waals surface area contributed by atoms with E-state index in [0.29, 0.717) is 19.4 Å². The molecule has 0 heterocycles. The van der Waals surface area contributed by atoms with Crippen molar-refractivity contribution >= 4 is 5.78 Å². The quantitative estimate of drug-likeness (QED) is 0.580. The number of ketones is 1. The van der Waals surface area contributed by atoms with Gasteiger partial charge in [0.05, 0.1) is 6.04 Å². The highest BCUT2D eigenvalue weighted by Gasteiger charge is 2.10. The minimum Gasteiger partial charge on any atom is -0.330 e. The smallest absolute Gasteiger partial charge is 0.149 e. The van der Waals surface area contributed by atoms with Gasteiger partial charge in [-0.3, -0.25) is 4.79 Å². The molecule has 0 bridgehead atoms. The molecule has 0 amide bonds. The van der Waals surface area contributed by atoms with Crippen LogP contribution in [0.5, 0.6) is 0 Å². The van der Waals surface area contributed by atoms with Crippen LogP contribution in [0, 0.1) is 6.92 Å². The Kier molecular flexibility index (Phi) is 6.07. The molecule has 1 atom stereocenters. The summed E-state index contributed by atoms with van der Waals surface area (Å²) in [5.41, 5.74) is 10.8. The maximum Gasteiger partial charge on any atom is 0.149 e. The van der Waals surface area contributed by atoms with Crippen molar-refractivity contribution in [3.05, 3.63) is 6.92 Å². The fraction of sp³-hybridized carbons (Fsp3) is 0.750. The highest BCUT2D eigenvalue weighted by atomic mass is 16.1. The highest BCUT2D eigenvalue weighted by molar-refractivity contribution is 5.83. The van der Waals surface area contributed by atoms with Crippen molar-refractivity contribution in [2.45, 2.75) is 31.7 Å². The lowest BCUT2D eigenvalue weighted by molar-refractivity contribution is -0.120. The van der Waals surface area contributed by atoms with E-state index in [0.717, 1.165) is 12.8 Å². The molecule has 1 radical (unpaired) electrons. The van der Waals surface area contributed by atoms with Crippen molar-refractivity contribution in [3.63, 3.8) is 0 Å². The Morgan fingerprint density at radius 3 is 2.64 bits per heavy atom. The van der Waals surface area contributed by atoms with Crippen LogP contribution in [0.4, 0.5) is 0 Å². The summed E-state index contributed by atoms with van der Waals surface area (Å²) in [4.78, 5) is 11.1. The normalized spacial score (nSPS) is 13.0. The van der Waals surface area contributed by atoms with Crippen molar-refractivity contribution in [1.82, 2.24) is 0 Å². The van der Waals surface area contributed by atoms with Crippen molar-refractivity contribution in [2.75, 3.05) is 6.54 Å². The number of rotatable bonds is 6. The molecule has 3 nitrogen and oxygen atoms in total. The second kappa shape index (κ2) is 6.31. The van der Waals surface area contributed by atoms with E-state index in [2.05, 4.69) is 6.92 Å². The van der Waals surface area contributed by atoms with Crippen LogP contribution in [-0.2, 0) is 4.79 Å². The maximum atomic E-state index is 11.1. The Bertz CT molecular complexity index is 115. The molecular formula is C8H17N2O. The van der Waals surface area contributed by atoms with Gasteiger partial charge in [-0.05, 0) is 19.4 Å². The van der Waals surface area contributed by atoms with Crippen LogP contribution in [0.3, 0.4) is 0 Å². The standard InChI is InChI=1S/C8H17N2O/c1-2-4-7(10)8(11)5-3-6-9/h7H,1-6,9-10H2. The minimum atomic E-state index is -0.320. The SMILES string of the molecule is [CH2]CCC(N)C(=O)CCCN. The minimum absolute atomic E-state index is 0.110. The maximum absolute atomic E-state index is 11.1. The first-order valence-electron chi connectivity index (χ1n) is 4.00. The second-order valence-electron chi connectivity index (χ2n) is 2.61. The summed E-state index contributed by atoms with van der Waals surface area (Å²) >= 11 is 0. The first kappa shape index (κ1) is 10.6. The van der Waals surface area contributed by atoms with Crippen LogP contribution in [0.2, 0.25) is 0 Å². The van der Waals surface area contributed by atoms with E-state index in [4.69, 9.17) is 11.5 Å². The van der Waals surface area contributed by atoms with Gasteiger partial charge in [0.25, 0.3) is 0 Å². The summed E-state index contributed by atoms with van der Waals surface area (Å²) in [6, 6.07) is -0.320. The zero-order valence-corrected chi connectivity index (χ0v) is 6.88. The van der Waals surface area contributed by atoms with E-state index in [-0.39, 0.29) is 11.8 Å². The topological polar surface area (TPSA) is 69.1 Å². The molecule has 0 aliphatic carbocycles. The van der Waals surface area contributed by atoms with Gasteiger partial charge in [0.2, 0.25) is 0 Å². The lowest BCUT2D eigenvalue weighted by Gasteiger charge is -2.07. The van der Waals surface area contributed by atoms with Gasteiger partial charge in [-0.15, -0.1) is 0 Å². The summed E-state index contributed by atoms with van der Waals surface area (Å²) in [6.45, 7) is 4.19. The van der Waals surface area contributed by atoms with E-state index in [1.165, 1.54) is 0 Å². The third-order valence-corrected chi connectivity index (χ3v) is 1.56. The van der Waals surface area contributed by atoms with Crippen LogP contribution >= 0.6 is 0 Å². The molecule has 4 N–H and O–H groups in total. The molecule has 0 aromatic heterocycles. The lowest BCUT2D eigenvalue weighted by Crippen LogP contribution is -2.30. The summed E-state index contributed by atoms with van der Waals surface area (Å²) in [6.07, 6.45) is 2.65. The average molecular weight is 157 g/mol. The van der Waals surface area contributed by atoms with E-state index in [1.54, 1.807) is 0 Å². The Labute approximate surface area is 68.1 Å². The largest absolute Gasteiger partial charge is 0.330 e. The molecule has 0 fully saturated rings. The zero-order chi connectivity index (χ0) is 8.69. The monoisotopic (exact) mass is 157 g/mol. The number of Topliss-reactive ketones (excluding diaryl/α,β-unsaturated/α-hetero) is 1. The molecule has 0 saturated heterocycles. The Hall–Kier alpha value is -0.410. The summed E-state index contributed by atoms with van der Waals surface area (Å²) in [7, 11) is 0. The van der Waals surface area contributed by atoms with Crippen molar-refractivity contribution < 1.29 is 4.79 Å². The van der Waals surface area contributed by atoms with Crippen LogP contribution in [0.25, 0.3) is 0 Å². The summed E-state index contributed by atoms with van der Waals surface area (Å²) < 4.78 is 0. The average Bonchev–Trinajstić information content (AvgIpc) is 2.00. The molecule has 0 aromatic rings. The Morgan fingerprint density at radius 2 is 2.18 bits per heavy atom. The molecule has 65 valence electrons. The Morgan fingerprint density at radius 1 is 1.55 bits per heavy atom. The number of carbonyl (C=O) groups is 1. The van der Waals surface area contributed by atoms with Gasteiger partial charge < -0.3 is 11.5 Å². The lowest BCUT2D eigenvalue weighted by atomic mass is 10.0. The van der Waals surface area contributed by atoms with Crippen LogP contribution in [0.1, 0.15) is 25.7 Å². The fourth-order valence-corrected chi connectivity index (χ4v) is 0.843. The molecule has 0 aliphatic heterocycles. The zero-order valence-electron chi connectivity index (χ0n) is 6.88. The predicted octanol–water partition coefficient (Wildman–Crippen LogP) is 0.236. The predicted molar refractivity (Wildman–Crippen MR) is 45.9 cm³/mol. The molecule has 11 heavy (non-hydrogen) atoms. The van der Waals surface area contributed by atoms with Crippen LogP contribution in [0.15, 0.2) is 0 Å². The van der Waals surface area contributed by atoms with Gasteiger partial charge in [0.1, 0.15) is 5.78 Å². The number of carbonyl (C=O) groups excluding carboxylic acids is 1. The number of hydrogen-bond donors (Lipinski definition) is 2. The van der Waals surface area contributed by atoms with E-state index < -0.39 is 0 Å². The van der Waals surface area contributed by atoms with Gasteiger partial charge in [-0.25, -0.2) is 0 Å². The van der Waals surface area contributed by atoms with Crippen LogP contribution in [-0.4, -0.2) is 18.4 Å². The molecule has 1 unspecified atom stereocenters. The van der Waals surface area contributed by atoms with E-state index >= 15 is 0 Å². The molecular weight excluding hydrogens is 140 g/mol. The molecule has 0 spiro atoms. The van der Waals surface area contributed by atoms with E-state index in [9.17, 15) is 4.79 Å². The van der Waals surface area contributed by atoms with Crippen LogP contribution < -0.4 is 11.5 Å². The third kappa shape index (κ3) is 4.93. The fourth-order valence-electron chi connectivity index (χ4n) is 0.843. The van der Waals surface area contributed by atoms with Gasteiger partial charge in [0.15, 0.2) is 0 Å². The summed E-state index contributed by atoms with van der Waals surface area (Å²) in [5, 5.41) is 0. The first-order chi connectivity index (χ1) is 5.22.